The van der Waals surface area contributed by atoms with Crippen LogP contribution in [0.15, 0.2) is 30.3 Å². The van der Waals surface area contributed by atoms with Gasteiger partial charge in [0.05, 0.1) is 11.7 Å². The van der Waals surface area contributed by atoms with Crippen molar-refractivity contribution in [2.45, 2.75) is 25.0 Å². The zero-order valence-corrected chi connectivity index (χ0v) is 8.68. The molecular formula is C12H14O3. The van der Waals surface area contributed by atoms with Crippen molar-refractivity contribution in [2.75, 3.05) is 7.11 Å². The summed E-state index contributed by atoms with van der Waals surface area (Å²) in [4.78, 5) is 11.6. The number of methoxy groups -OCH3 is 1. The standard InChI is InChI=1S/C12H14O3/c1-14-10-7-11(8-10)15-12(13)9-5-3-2-4-6-9/h2-6,10-11H,7-8H2,1H3/t10-,11-. The molecule has 3 heteroatoms. The second-order valence-electron chi connectivity index (χ2n) is 3.72. The fourth-order valence-corrected chi connectivity index (χ4v) is 1.60. The molecule has 0 aliphatic heterocycles. The average molecular weight is 206 g/mol. The molecule has 1 aromatic carbocycles. The van der Waals surface area contributed by atoms with Gasteiger partial charge in [-0.15, -0.1) is 0 Å². The molecule has 1 aliphatic rings. The van der Waals surface area contributed by atoms with E-state index in [1.165, 1.54) is 0 Å². The molecule has 1 aliphatic carbocycles. The Balaban J connectivity index is 1.84. The average Bonchev–Trinajstić information content (AvgIpc) is 2.23. The zero-order chi connectivity index (χ0) is 10.7. The maximum atomic E-state index is 11.6. The number of benzene rings is 1. The van der Waals surface area contributed by atoms with Gasteiger partial charge in [-0.2, -0.15) is 0 Å². The highest BCUT2D eigenvalue weighted by molar-refractivity contribution is 5.89. The summed E-state index contributed by atoms with van der Waals surface area (Å²) in [5.74, 6) is -0.241. The molecule has 0 radical (unpaired) electrons. The van der Waals surface area contributed by atoms with Crippen molar-refractivity contribution < 1.29 is 14.3 Å². The number of hydrogen-bond acceptors (Lipinski definition) is 3. The number of rotatable bonds is 3. The fraction of sp³-hybridized carbons (Fsp3) is 0.417. The molecule has 1 aromatic rings. The van der Waals surface area contributed by atoms with Crippen LogP contribution in [0.5, 0.6) is 0 Å². The number of carbonyl (C=O) groups excluding carboxylic acids is 1. The van der Waals surface area contributed by atoms with Gasteiger partial charge in [-0.1, -0.05) is 18.2 Å². The van der Waals surface area contributed by atoms with E-state index in [0.29, 0.717) is 5.56 Å². The summed E-state index contributed by atoms with van der Waals surface area (Å²) < 4.78 is 10.4. The third-order valence-corrected chi connectivity index (χ3v) is 2.67. The van der Waals surface area contributed by atoms with Crippen molar-refractivity contribution in [1.29, 1.82) is 0 Å². The SMILES string of the molecule is CO[C@H]1C[C@H](OC(=O)c2ccccc2)C1. The third kappa shape index (κ3) is 2.36. The van der Waals surface area contributed by atoms with Crippen molar-refractivity contribution in [3.63, 3.8) is 0 Å². The Kier molecular flexibility index (Phi) is 3.02. The normalized spacial score (nSPS) is 24.3. The van der Waals surface area contributed by atoms with E-state index in [1.54, 1.807) is 19.2 Å². The molecule has 0 aromatic heterocycles. The highest BCUT2D eigenvalue weighted by Gasteiger charge is 2.32. The van der Waals surface area contributed by atoms with E-state index in [9.17, 15) is 4.79 Å². The zero-order valence-electron chi connectivity index (χ0n) is 8.68. The molecule has 0 amide bonds. The van der Waals surface area contributed by atoms with Gasteiger partial charge >= 0.3 is 5.97 Å². The Morgan fingerprint density at radius 3 is 2.47 bits per heavy atom. The molecule has 15 heavy (non-hydrogen) atoms. The van der Waals surface area contributed by atoms with Gasteiger partial charge < -0.3 is 9.47 Å². The Hall–Kier alpha value is -1.35. The molecule has 2 rings (SSSR count). The Morgan fingerprint density at radius 1 is 1.20 bits per heavy atom. The summed E-state index contributed by atoms with van der Waals surface area (Å²) in [5.41, 5.74) is 0.610. The summed E-state index contributed by atoms with van der Waals surface area (Å²) >= 11 is 0. The molecule has 1 fully saturated rings. The van der Waals surface area contributed by atoms with Gasteiger partial charge in [0.15, 0.2) is 0 Å². The lowest BCUT2D eigenvalue weighted by molar-refractivity contribution is -0.0640. The molecule has 0 unspecified atom stereocenters. The maximum absolute atomic E-state index is 11.6. The minimum absolute atomic E-state index is 0.0302. The lowest BCUT2D eigenvalue weighted by atomic mass is 9.92. The molecule has 3 nitrogen and oxygen atoms in total. The second-order valence-corrected chi connectivity index (χ2v) is 3.72. The van der Waals surface area contributed by atoms with Crippen LogP contribution in [0.1, 0.15) is 23.2 Å². The monoisotopic (exact) mass is 206 g/mol. The topological polar surface area (TPSA) is 35.5 Å². The Bertz CT molecular complexity index is 328. The van der Waals surface area contributed by atoms with Gasteiger partial charge in [-0.3, -0.25) is 0 Å². The molecule has 0 atom stereocenters. The van der Waals surface area contributed by atoms with Crippen molar-refractivity contribution in [2.24, 2.45) is 0 Å². The van der Waals surface area contributed by atoms with Crippen molar-refractivity contribution in [1.82, 2.24) is 0 Å². The minimum atomic E-state index is -0.241. The van der Waals surface area contributed by atoms with Gasteiger partial charge in [-0.25, -0.2) is 4.79 Å². The van der Waals surface area contributed by atoms with E-state index in [4.69, 9.17) is 9.47 Å². The van der Waals surface area contributed by atoms with Crippen LogP contribution in [-0.2, 0) is 9.47 Å². The number of ether oxygens (including phenoxy) is 2. The van der Waals surface area contributed by atoms with Crippen molar-refractivity contribution >= 4 is 5.97 Å². The fourth-order valence-electron chi connectivity index (χ4n) is 1.60. The van der Waals surface area contributed by atoms with E-state index in [1.807, 2.05) is 18.2 Å². The van der Waals surface area contributed by atoms with Gasteiger partial charge in [0, 0.05) is 20.0 Å². The van der Waals surface area contributed by atoms with Crippen LogP contribution in [0, 0.1) is 0 Å². The van der Waals surface area contributed by atoms with E-state index >= 15 is 0 Å². The van der Waals surface area contributed by atoms with Crippen LogP contribution in [0.25, 0.3) is 0 Å². The van der Waals surface area contributed by atoms with Crippen molar-refractivity contribution in [3.05, 3.63) is 35.9 Å². The van der Waals surface area contributed by atoms with E-state index in [0.717, 1.165) is 12.8 Å². The van der Waals surface area contributed by atoms with Gasteiger partial charge in [0.25, 0.3) is 0 Å². The molecular weight excluding hydrogens is 192 g/mol. The summed E-state index contributed by atoms with van der Waals surface area (Å²) in [6.45, 7) is 0. The van der Waals surface area contributed by atoms with Crippen LogP contribution >= 0.6 is 0 Å². The van der Waals surface area contributed by atoms with E-state index in [-0.39, 0.29) is 18.2 Å². The molecule has 0 N–H and O–H groups in total. The second kappa shape index (κ2) is 4.45. The third-order valence-electron chi connectivity index (χ3n) is 2.67. The molecule has 0 saturated heterocycles. The summed E-state index contributed by atoms with van der Waals surface area (Å²) in [7, 11) is 1.68. The van der Waals surface area contributed by atoms with Crippen LogP contribution in [0.4, 0.5) is 0 Å². The quantitative estimate of drug-likeness (QED) is 0.710. The first-order valence-corrected chi connectivity index (χ1v) is 5.08. The molecule has 1 saturated carbocycles. The number of hydrogen-bond donors (Lipinski definition) is 0. The molecule has 0 bridgehead atoms. The van der Waals surface area contributed by atoms with Gasteiger partial charge in [-0.05, 0) is 12.1 Å². The lowest BCUT2D eigenvalue weighted by Crippen LogP contribution is -2.38. The highest BCUT2D eigenvalue weighted by atomic mass is 16.6. The summed E-state index contributed by atoms with van der Waals surface area (Å²) in [5, 5.41) is 0. The van der Waals surface area contributed by atoms with E-state index < -0.39 is 0 Å². The molecule has 0 heterocycles. The van der Waals surface area contributed by atoms with Crippen molar-refractivity contribution in [3.8, 4) is 0 Å². The lowest BCUT2D eigenvalue weighted by Gasteiger charge is -2.33. The van der Waals surface area contributed by atoms with Gasteiger partial charge in [0.1, 0.15) is 6.10 Å². The Labute approximate surface area is 89.0 Å². The van der Waals surface area contributed by atoms with Crippen LogP contribution in [0.2, 0.25) is 0 Å². The predicted molar refractivity (Wildman–Crippen MR) is 55.7 cm³/mol. The van der Waals surface area contributed by atoms with E-state index in [2.05, 4.69) is 0 Å². The predicted octanol–water partition coefficient (Wildman–Crippen LogP) is 2.02. The van der Waals surface area contributed by atoms with Gasteiger partial charge in [0.2, 0.25) is 0 Å². The van der Waals surface area contributed by atoms with Crippen LogP contribution in [0.3, 0.4) is 0 Å². The minimum Gasteiger partial charge on any atom is -0.459 e. The Morgan fingerprint density at radius 2 is 1.87 bits per heavy atom. The van der Waals surface area contributed by atoms with Crippen LogP contribution < -0.4 is 0 Å². The maximum Gasteiger partial charge on any atom is 0.338 e. The summed E-state index contributed by atoms with van der Waals surface area (Å²) in [6.07, 6.45) is 1.92. The number of esters is 1. The highest BCUT2D eigenvalue weighted by Crippen LogP contribution is 2.26. The number of carbonyl (C=O) groups is 1. The van der Waals surface area contributed by atoms with Crippen LogP contribution in [-0.4, -0.2) is 25.3 Å². The molecule has 80 valence electrons. The summed E-state index contributed by atoms with van der Waals surface area (Å²) in [6, 6.07) is 9.05. The smallest absolute Gasteiger partial charge is 0.338 e. The first kappa shape index (κ1) is 10.2. The first-order chi connectivity index (χ1) is 7.29. The first-order valence-electron chi connectivity index (χ1n) is 5.08. The largest absolute Gasteiger partial charge is 0.459 e. The molecule has 0 spiro atoms.